The van der Waals surface area contributed by atoms with Crippen molar-refractivity contribution in [2.24, 2.45) is 11.8 Å². The summed E-state index contributed by atoms with van der Waals surface area (Å²) in [5.41, 5.74) is 1.35. The van der Waals surface area contributed by atoms with Crippen LogP contribution in [-0.4, -0.2) is 35.0 Å². The first kappa shape index (κ1) is 26.1. The Bertz CT molecular complexity index is 1050. The van der Waals surface area contributed by atoms with Gasteiger partial charge in [0.1, 0.15) is 5.69 Å². The lowest BCUT2D eigenvalue weighted by molar-refractivity contribution is -0.110. The van der Waals surface area contributed by atoms with E-state index in [1.165, 1.54) is 13.2 Å². The van der Waals surface area contributed by atoms with Crippen LogP contribution in [0, 0.1) is 11.8 Å². The number of halogens is 5. The molecule has 2 fully saturated rings. The maximum atomic E-state index is 13.6. The van der Waals surface area contributed by atoms with Crippen molar-refractivity contribution in [3.63, 3.8) is 0 Å². The Hall–Kier alpha value is -2.52. The number of amides is 1. The molecule has 0 saturated heterocycles. The van der Waals surface area contributed by atoms with Crippen LogP contribution < -0.4 is 10.7 Å². The zero-order valence-corrected chi connectivity index (χ0v) is 19.3. The Kier molecular flexibility index (Phi) is 7.98. The number of aromatic amines is 1. The molecular weight excluding hydrogens is 457 g/mol. The van der Waals surface area contributed by atoms with Gasteiger partial charge in [-0.1, -0.05) is 12.8 Å². The molecule has 2 aliphatic rings. The van der Waals surface area contributed by atoms with E-state index in [1.54, 1.807) is 12.1 Å². The fourth-order valence-electron chi connectivity index (χ4n) is 5.31. The van der Waals surface area contributed by atoms with Crippen LogP contribution >= 0.6 is 0 Å². The van der Waals surface area contributed by atoms with Crippen molar-refractivity contribution < 1.29 is 26.7 Å². The summed E-state index contributed by atoms with van der Waals surface area (Å²) < 4.78 is 58.3. The fraction of sp³-hybridized carbons (Fsp3) is 0.625. The van der Waals surface area contributed by atoms with Gasteiger partial charge in [-0.3, -0.25) is 14.6 Å². The number of nitrogens with zero attached hydrogens (tertiary/aromatic N) is 1. The van der Waals surface area contributed by atoms with E-state index in [4.69, 9.17) is 0 Å². The van der Waals surface area contributed by atoms with Crippen LogP contribution in [-0.2, 0) is 0 Å². The molecule has 2 atom stereocenters. The normalized spacial score (nSPS) is 23.1. The van der Waals surface area contributed by atoms with Crippen LogP contribution in [0.5, 0.6) is 0 Å². The lowest BCUT2D eigenvalue weighted by atomic mass is 9.66. The summed E-state index contributed by atoms with van der Waals surface area (Å²) >= 11 is 0. The minimum Gasteiger partial charge on any atom is -0.358 e. The van der Waals surface area contributed by atoms with Gasteiger partial charge in [-0.25, -0.2) is 8.78 Å². The van der Waals surface area contributed by atoms with Crippen LogP contribution in [0.25, 0.3) is 10.9 Å². The molecule has 34 heavy (non-hydrogen) atoms. The predicted octanol–water partition coefficient (Wildman–Crippen LogP) is 5.95. The minimum atomic E-state index is -4.00. The third-order valence-electron chi connectivity index (χ3n) is 6.79. The van der Waals surface area contributed by atoms with E-state index < -0.39 is 18.0 Å². The monoisotopic (exact) mass is 487 g/mol. The summed E-state index contributed by atoms with van der Waals surface area (Å²) in [6.07, 6.45) is 2.71. The van der Waals surface area contributed by atoms with E-state index in [-0.39, 0.29) is 42.7 Å². The first-order valence-corrected chi connectivity index (χ1v) is 11.6. The molecule has 1 amide bonds. The molecule has 2 saturated carbocycles. The van der Waals surface area contributed by atoms with Crippen LogP contribution in [0.4, 0.5) is 22.0 Å². The summed E-state index contributed by atoms with van der Waals surface area (Å²) in [7, 11) is 1.51. The van der Waals surface area contributed by atoms with Crippen LogP contribution in [0.3, 0.4) is 0 Å². The number of carbonyl (C=O) groups excluding carboxylic acids is 1. The third-order valence-corrected chi connectivity index (χ3v) is 6.79. The van der Waals surface area contributed by atoms with Crippen molar-refractivity contribution in [2.75, 3.05) is 7.05 Å². The molecule has 1 unspecified atom stereocenters. The summed E-state index contributed by atoms with van der Waals surface area (Å²) in [5, 5.41) is 2.81. The molecule has 2 N–H and O–H groups in total. The van der Waals surface area contributed by atoms with Gasteiger partial charge in [-0.15, -0.1) is 0 Å². The highest BCUT2D eigenvalue weighted by Crippen LogP contribution is 2.48. The highest BCUT2D eigenvalue weighted by molar-refractivity contribution is 6.04. The maximum absolute atomic E-state index is 13.6. The van der Waals surface area contributed by atoms with Gasteiger partial charge in [0.25, 0.3) is 5.91 Å². The van der Waals surface area contributed by atoms with E-state index >= 15 is 0 Å². The molecule has 10 heteroatoms. The van der Waals surface area contributed by atoms with Crippen molar-refractivity contribution in [1.82, 2.24) is 15.3 Å². The van der Waals surface area contributed by atoms with Gasteiger partial charge in [0, 0.05) is 50.7 Å². The highest BCUT2D eigenvalue weighted by atomic mass is 19.4. The number of H-pyrrole nitrogens is 1. The molecule has 4 rings (SSSR count). The van der Waals surface area contributed by atoms with Crippen molar-refractivity contribution in [1.29, 1.82) is 0 Å². The summed E-state index contributed by atoms with van der Waals surface area (Å²) in [4.78, 5) is 32.5. The smallest absolute Gasteiger partial charge is 0.358 e. The SMILES string of the molecule is CC(F)(F)F.CNC(=O)c1nccc2[nH]c([C@@H]3CCCCC3C3CCC(F)(F)CC3)cc(=O)c12. The quantitative estimate of drug-likeness (QED) is 0.526. The molecule has 0 bridgehead atoms. The van der Waals surface area contributed by atoms with Crippen LogP contribution in [0.1, 0.15) is 80.4 Å². The van der Waals surface area contributed by atoms with Crippen molar-refractivity contribution in [3.05, 3.63) is 39.9 Å². The Morgan fingerprint density at radius 3 is 2.38 bits per heavy atom. The van der Waals surface area contributed by atoms with Crippen LogP contribution in [0.15, 0.2) is 23.1 Å². The molecule has 2 heterocycles. The standard InChI is InChI=1S/C22H27F2N3O2.C2H3F3/c1-25-21(29)20-19-16(8-11-26-20)27-17(12-18(19)28)15-5-3-2-4-14(15)13-6-9-22(23,24)10-7-13;1-2(3,4)5/h8,11-15H,2-7,9-10H2,1H3,(H,25,29)(H,27,28);1H3/t14?,15-;/m1./s1. The van der Waals surface area contributed by atoms with E-state index in [9.17, 15) is 31.5 Å². The molecule has 0 radical (unpaired) electrons. The minimum absolute atomic E-state index is 0.0315. The van der Waals surface area contributed by atoms with E-state index in [2.05, 4.69) is 15.3 Å². The van der Waals surface area contributed by atoms with Gasteiger partial charge in [0.05, 0.1) is 10.9 Å². The molecule has 2 aliphatic carbocycles. The largest absolute Gasteiger partial charge is 0.386 e. The number of pyridine rings is 2. The zero-order valence-electron chi connectivity index (χ0n) is 19.3. The second kappa shape index (κ2) is 10.4. The van der Waals surface area contributed by atoms with E-state index in [1.807, 2.05) is 0 Å². The van der Waals surface area contributed by atoms with Gasteiger partial charge in [0.2, 0.25) is 5.92 Å². The lowest BCUT2D eigenvalue weighted by Crippen LogP contribution is -2.33. The first-order chi connectivity index (χ1) is 15.9. The second-order valence-electron chi connectivity index (χ2n) is 9.28. The Morgan fingerprint density at radius 1 is 1.15 bits per heavy atom. The van der Waals surface area contributed by atoms with E-state index in [0.717, 1.165) is 31.4 Å². The van der Waals surface area contributed by atoms with Gasteiger partial charge < -0.3 is 10.3 Å². The highest BCUT2D eigenvalue weighted by Gasteiger charge is 2.41. The van der Waals surface area contributed by atoms with Gasteiger partial charge in [0.15, 0.2) is 5.43 Å². The predicted molar refractivity (Wildman–Crippen MR) is 119 cm³/mol. The number of hydrogen-bond acceptors (Lipinski definition) is 3. The average molecular weight is 488 g/mol. The third kappa shape index (κ3) is 6.54. The number of rotatable bonds is 3. The fourth-order valence-corrected chi connectivity index (χ4v) is 5.31. The van der Waals surface area contributed by atoms with Crippen molar-refractivity contribution >= 4 is 16.8 Å². The molecule has 0 aliphatic heterocycles. The number of aromatic nitrogens is 2. The molecule has 5 nitrogen and oxygen atoms in total. The second-order valence-corrected chi connectivity index (χ2v) is 9.28. The lowest BCUT2D eigenvalue weighted by Gasteiger charge is -2.40. The molecule has 188 valence electrons. The summed E-state index contributed by atoms with van der Waals surface area (Å²) in [5.74, 6) is -2.17. The average Bonchev–Trinajstić information content (AvgIpc) is 2.77. The molecule has 2 aromatic rings. The molecule has 0 aromatic carbocycles. The van der Waals surface area contributed by atoms with Crippen molar-refractivity contribution in [3.8, 4) is 0 Å². The molecular formula is C24H30F5N3O2. The zero-order chi connectivity index (χ0) is 25.1. The summed E-state index contributed by atoms with van der Waals surface area (Å²) in [6, 6.07) is 3.31. The van der Waals surface area contributed by atoms with Gasteiger partial charge in [-0.2, -0.15) is 13.2 Å². The van der Waals surface area contributed by atoms with E-state index in [0.29, 0.717) is 29.7 Å². The van der Waals surface area contributed by atoms with Crippen molar-refractivity contribution in [2.45, 2.75) is 76.3 Å². The molecule has 2 aromatic heterocycles. The molecule has 0 spiro atoms. The summed E-state index contributed by atoms with van der Waals surface area (Å²) in [6.45, 7) is 0.188. The van der Waals surface area contributed by atoms with Gasteiger partial charge in [-0.05, 0) is 43.6 Å². The number of carbonyl (C=O) groups is 1. The number of nitrogens with one attached hydrogen (secondary N) is 2. The Morgan fingerprint density at radius 2 is 1.76 bits per heavy atom. The van der Waals surface area contributed by atoms with Crippen LogP contribution in [0.2, 0.25) is 0 Å². The number of fused-ring (bicyclic) bond motifs is 1. The Labute approximate surface area is 194 Å². The first-order valence-electron chi connectivity index (χ1n) is 11.6. The maximum Gasteiger partial charge on any atom is 0.386 e. The number of alkyl halides is 5. The Balaban J connectivity index is 0.000000588. The number of hydrogen-bond donors (Lipinski definition) is 2. The van der Waals surface area contributed by atoms with Gasteiger partial charge >= 0.3 is 6.18 Å². The topological polar surface area (TPSA) is 74.8 Å².